The number of esters is 1. The van der Waals surface area contributed by atoms with Crippen LogP contribution < -0.4 is 10.2 Å². The molecule has 1 unspecified atom stereocenters. The molecule has 3 heterocycles. The Morgan fingerprint density at radius 3 is 2.86 bits per heavy atom. The number of thiazole rings is 2. The van der Waals surface area contributed by atoms with E-state index in [1.807, 2.05) is 18.2 Å². The fourth-order valence-electron chi connectivity index (χ4n) is 3.76. The quantitative estimate of drug-likeness (QED) is 0.627. The molecule has 0 radical (unpaired) electrons. The van der Waals surface area contributed by atoms with E-state index in [2.05, 4.69) is 26.3 Å². The lowest BCUT2D eigenvalue weighted by Gasteiger charge is -2.37. The molecule has 1 aliphatic heterocycles. The zero-order chi connectivity index (χ0) is 20.0. The van der Waals surface area contributed by atoms with Gasteiger partial charge in [-0.25, -0.2) is 9.97 Å². The highest BCUT2D eigenvalue weighted by molar-refractivity contribution is 7.22. The molecule has 1 aromatic carbocycles. The molecule has 29 heavy (non-hydrogen) atoms. The number of hydrogen-bond acceptors (Lipinski definition) is 8. The normalized spacial score (nSPS) is 18.5. The number of nitrogens with zero attached hydrogens (tertiary/aromatic N) is 3. The minimum Gasteiger partial charge on any atom is -0.465 e. The Morgan fingerprint density at radius 2 is 2.07 bits per heavy atom. The SMILES string of the molecule is CCOC(=O)C1CCc2sc(NC(=O)C3CN(c4nc5ccccc5s4)C3)nc21. The first-order valence-electron chi connectivity index (χ1n) is 9.70. The second-order valence-corrected chi connectivity index (χ2v) is 9.32. The molecule has 3 aromatic rings. The van der Waals surface area contributed by atoms with Crippen LogP contribution in [0.1, 0.15) is 29.8 Å². The smallest absolute Gasteiger partial charge is 0.315 e. The summed E-state index contributed by atoms with van der Waals surface area (Å²) in [6.07, 6.45) is 1.54. The number of rotatable bonds is 5. The van der Waals surface area contributed by atoms with Gasteiger partial charge in [-0.1, -0.05) is 23.5 Å². The van der Waals surface area contributed by atoms with Crippen LogP contribution in [0.15, 0.2) is 24.3 Å². The second kappa shape index (κ2) is 7.38. The summed E-state index contributed by atoms with van der Waals surface area (Å²) in [6.45, 7) is 3.48. The molecule has 150 valence electrons. The van der Waals surface area contributed by atoms with E-state index in [-0.39, 0.29) is 23.7 Å². The van der Waals surface area contributed by atoms with Crippen LogP contribution in [0, 0.1) is 5.92 Å². The van der Waals surface area contributed by atoms with Crippen LogP contribution in [-0.2, 0) is 20.7 Å². The fourth-order valence-corrected chi connectivity index (χ4v) is 5.78. The van der Waals surface area contributed by atoms with Crippen molar-refractivity contribution in [1.29, 1.82) is 0 Å². The van der Waals surface area contributed by atoms with Gasteiger partial charge in [0, 0.05) is 18.0 Å². The predicted octanol–water partition coefficient (Wildman–Crippen LogP) is 3.42. The first-order chi connectivity index (χ1) is 14.1. The Bertz CT molecular complexity index is 1050. The van der Waals surface area contributed by atoms with Crippen molar-refractivity contribution in [3.63, 3.8) is 0 Å². The van der Waals surface area contributed by atoms with Crippen molar-refractivity contribution in [2.24, 2.45) is 5.92 Å². The number of nitrogens with one attached hydrogen (secondary N) is 1. The van der Waals surface area contributed by atoms with Crippen molar-refractivity contribution in [2.75, 3.05) is 29.9 Å². The molecule has 0 saturated carbocycles. The highest BCUT2D eigenvalue weighted by Crippen LogP contribution is 2.39. The number of hydrogen-bond donors (Lipinski definition) is 1. The first kappa shape index (κ1) is 18.5. The van der Waals surface area contributed by atoms with Crippen molar-refractivity contribution in [2.45, 2.75) is 25.7 Å². The van der Waals surface area contributed by atoms with Crippen LogP contribution in [0.25, 0.3) is 10.2 Å². The third kappa shape index (κ3) is 3.38. The van der Waals surface area contributed by atoms with Gasteiger partial charge in [-0.15, -0.1) is 11.3 Å². The van der Waals surface area contributed by atoms with Crippen LogP contribution in [0.2, 0.25) is 0 Å². The summed E-state index contributed by atoms with van der Waals surface area (Å²) in [4.78, 5) is 37.1. The number of fused-ring (bicyclic) bond motifs is 2. The average molecular weight is 429 g/mol. The van der Waals surface area contributed by atoms with Gasteiger partial charge in [0.05, 0.1) is 28.4 Å². The standard InChI is InChI=1S/C20H20N4O3S2/c1-2-27-18(26)12-7-8-15-16(12)22-19(28-15)23-17(25)11-9-24(10-11)20-21-13-5-3-4-6-14(13)29-20/h3-6,11-12H,2,7-10H2,1H3,(H,22,23,25). The lowest BCUT2D eigenvalue weighted by atomic mass is 10.0. The van der Waals surface area contributed by atoms with Crippen LogP contribution in [0.4, 0.5) is 10.3 Å². The molecular weight excluding hydrogens is 408 g/mol. The summed E-state index contributed by atoms with van der Waals surface area (Å²) in [5.41, 5.74) is 1.77. The molecule has 5 rings (SSSR count). The summed E-state index contributed by atoms with van der Waals surface area (Å²) in [5.74, 6) is -0.631. The maximum Gasteiger partial charge on any atom is 0.315 e. The number of benzene rings is 1. The van der Waals surface area contributed by atoms with Crippen molar-refractivity contribution < 1.29 is 14.3 Å². The van der Waals surface area contributed by atoms with E-state index in [0.29, 0.717) is 24.8 Å². The van der Waals surface area contributed by atoms with Gasteiger partial charge >= 0.3 is 5.97 Å². The van der Waals surface area contributed by atoms with Gasteiger partial charge in [0.2, 0.25) is 5.91 Å². The zero-order valence-electron chi connectivity index (χ0n) is 15.9. The molecule has 9 heteroatoms. The number of para-hydroxylation sites is 1. The monoisotopic (exact) mass is 428 g/mol. The summed E-state index contributed by atoms with van der Waals surface area (Å²) in [5, 5.41) is 4.47. The first-order valence-corrected chi connectivity index (χ1v) is 11.3. The molecule has 2 aliphatic rings. The molecule has 0 bridgehead atoms. The molecule has 0 spiro atoms. The predicted molar refractivity (Wildman–Crippen MR) is 114 cm³/mol. The molecule has 1 aliphatic carbocycles. The number of carbonyl (C=O) groups excluding carboxylic acids is 2. The second-order valence-electron chi connectivity index (χ2n) is 7.23. The van der Waals surface area contributed by atoms with Crippen LogP contribution in [0.3, 0.4) is 0 Å². The van der Waals surface area contributed by atoms with E-state index in [4.69, 9.17) is 4.74 Å². The molecule has 2 aromatic heterocycles. The number of amides is 1. The third-order valence-electron chi connectivity index (χ3n) is 5.32. The van der Waals surface area contributed by atoms with Gasteiger partial charge < -0.3 is 15.0 Å². The van der Waals surface area contributed by atoms with Gasteiger partial charge in [-0.3, -0.25) is 9.59 Å². The molecule has 7 nitrogen and oxygen atoms in total. The Morgan fingerprint density at radius 1 is 1.24 bits per heavy atom. The summed E-state index contributed by atoms with van der Waals surface area (Å²) >= 11 is 3.12. The Hall–Kier alpha value is -2.52. The van der Waals surface area contributed by atoms with Crippen molar-refractivity contribution >= 4 is 55.0 Å². The average Bonchev–Trinajstić information content (AvgIpc) is 3.33. The number of anilines is 2. The molecular formula is C20H20N4O3S2. The minimum atomic E-state index is -0.301. The van der Waals surface area contributed by atoms with Crippen LogP contribution in [-0.4, -0.2) is 41.5 Å². The lowest BCUT2D eigenvalue weighted by molar-refractivity contribution is -0.145. The number of ether oxygens (including phenoxy) is 1. The summed E-state index contributed by atoms with van der Waals surface area (Å²) < 4.78 is 6.30. The molecule has 1 amide bonds. The maximum atomic E-state index is 12.6. The van der Waals surface area contributed by atoms with Crippen molar-refractivity contribution in [3.8, 4) is 0 Å². The van der Waals surface area contributed by atoms with Gasteiger partial charge in [-0.2, -0.15) is 0 Å². The lowest BCUT2D eigenvalue weighted by Crippen LogP contribution is -2.52. The van der Waals surface area contributed by atoms with E-state index in [1.165, 1.54) is 11.3 Å². The largest absolute Gasteiger partial charge is 0.465 e. The van der Waals surface area contributed by atoms with Gasteiger partial charge in [-0.05, 0) is 31.9 Å². The van der Waals surface area contributed by atoms with E-state index >= 15 is 0 Å². The van der Waals surface area contributed by atoms with Crippen LogP contribution in [0.5, 0.6) is 0 Å². The molecule has 1 saturated heterocycles. The number of aromatic nitrogens is 2. The Balaban J connectivity index is 1.20. The molecule has 1 fully saturated rings. The van der Waals surface area contributed by atoms with E-state index in [0.717, 1.165) is 38.8 Å². The number of carbonyl (C=O) groups is 2. The highest BCUT2D eigenvalue weighted by atomic mass is 32.1. The van der Waals surface area contributed by atoms with Crippen molar-refractivity contribution in [3.05, 3.63) is 34.8 Å². The van der Waals surface area contributed by atoms with Crippen LogP contribution >= 0.6 is 22.7 Å². The van der Waals surface area contributed by atoms with E-state index < -0.39 is 0 Å². The summed E-state index contributed by atoms with van der Waals surface area (Å²) in [6, 6.07) is 8.06. The molecule has 1 N–H and O–H groups in total. The number of aryl methyl sites for hydroxylation is 1. The Kier molecular flexibility index (Phi) is 4.71. The Labute approximate surface area is 175 Å². The zero-order valence-corrected chi connectivity index (χ0v) is 17.5. The molecule has 1 atom stereocenters. The van der Waals surface area contributed by atoms with Gasteiger partial charge in [0.1, 0.15) is 5.92 Å². The maximum absolute atomic E-state index is 12.6. The fraction of sp³-hybridized carbons (Fsp3) is 0.400. The van der Waals surface area contributed by atoms with E-state index in [9.17, 15) is 9.59 Å². The van der Waals surface area contributed by atoms with Gasteiger partial charge in [0.25, 0.3) is 0 Å². The third-order valence-corrected chi connectivity index (χ3v) is 7.47. The minimum absolute atomic E-state index is 0.0255. The van der Waals surface area contributed by atoms with Crippen molar-refractivity contribution in [1.82, 2.24) is 9.97 Å². The van der Waals surface area contributed by atoms with Gasteiger partial charge in [0.15, 0.2) is 10.3 Å². The van der Waals surface area contributed by atoms with E-state index in [1.54, 1.807) is 18.3 Å². The summed E-state index contributed by atoms with van der Waals surface area (Å²) in [7, 11) is 0. The topological polar surface area (TPSA) is 84.4 Å². The highest BCUT2D eigenvalue weighted by Gasteiger charge is 2.37.